The van der Waals surface area contributed by atoms with E-state index in [1.54, 1.807) is 0 Å². The van der Waals surface area contributed by atoms with Crippen LogP contribution in [0, 0.1) is 0 Å². The Hall–Kier alpha value is -8.12. The molecule has 0 amide bonds. The summed E-state index contributed by atoms with van der Waals surface area (Å²) >= 11 is 1.91. The van der Waals surface area contributed by atoms with Crippen LogP contribution in [0.3, 0.4) is 0 Å². The highest BCUT2D eigenvalue weighted by Gasteiger charge is 2.23. The number of aromatic nitrogens is 1. The summed E-state index contributed by atoms with van der Waals surface area (Å²) in [4.78, 5) is 4.66. The van der Waals surface area contributed by atoms with Gasteiger partial charge in [-0.15, -0.1) is 11.3 Å². The Morgan fingerprint density at radius 3 is 1.95 bits per heavy atom. The van der Waals surface area contributed by atoms with E-state index in [0.29, 0.717) is 0 Å². The minimum atomic E-state index is 1.04. The number of nitrogens with one attached hydrogen (secondary N) is 1. The molecule has 4 nitrogen and oxygen atoms in total. The quantitative estimate of drug-likeness (QED) is 0.180. The summed E-state index contributed by atoms with van der Waals surface area (Å²) in [6, 6.07) is 70.5. The molecular weight excluding hydrogens is 797 g/mol. The Balaban J connectivity index is 1.13. The SMILES string of the molecule is CN(c1ccccc1)c1ccc2c(c1)c1c3sc4c5c(ccc4c3ccc1n2-c1ccccc1)\C=C/C=C\C=C\Nc1ccc(N(c2ccccc2)c2ccc3ccccc3c2)cc1-5. The van der Waals surface area contributed by atoms with Gasteiger partial charge in [-0.05, 0) is 113 Å². The minimum absolute atomic E-state index is 1.04. The van der Waals surface area contributed by atoms with Crippen molar-refractivity contribution in [1.82, 2.24) is 4.57 Å². The summed E-state index contributed by atoms with van der Waals surface area (Å²) in [5.74, 6) is 0. The first-order chi connectivity index (χ1) is 31.7. The van der Waals surface area contributed by atoms with Crippen molar-refractivity contribution in [3.8, 4) is 16.8 Å². The van der Waals surface area contributed by atoms with Crippen molar-refractivity contribution in [1.29, 1.82) is 0 Å². The molecule has 0 bridgehead atoms. The molecule has 0 saturated heterocycles. The molecule has 0 saturated carbocycles. The Bertz CT molecular complexity index is 3650. The highest BCUT2D eigenvalue weighted by molar-refractivity contribution is 7.27. The van der Waals surface area contributed by atoms with Crippen molar-refractivity contribution < 1.29 is 0 Å². The van der Waals surface area contributed by atoms with E-state index in [4.69, 9.17) is 0 Å². The van der Waals surface area contributed by atoms with Crippen molar-refractivity contribution in [3.05, 3.63) is 230 Å². The Kier molecular flexibility index (Phi) is 9.20. The summed E-state index contributed by atoms with van der Waals surface area (Å²) in [7, 11) is 2.16. The van der Waals surface area contributed by atoms with Crippen molar-refractivity contribution in [2.75, 3.05) is 22.2 Å². The van der Waals surface area contributed by atoms with Crippen molar-refractivity contribution >= 4 is 104 Å². The van der Waals surface area contributed by atoms with E-state index >= 15 is 0 Å². The fourth-order valence-electron chi connectivity index (χ4n) is 9.51. The third-order valence-corrected chi connectivity index (χ3v) is 13.8. The monoisotopic (exact) mass is 838 g/mol. The highest BCUT2D eigenvalue weighted by Crippen LogP contribution is 2.50. The zero-order chi connectivity index (χ0) is 42.6. The molecule has 0 radical (unpaired) electrons. The number of para-hydroxylation sites is 3. The third-order valence-electron chi connectivity index (χ3n) is 12.6. The number of fused-ring (bicyclic) bond motifs is 12. The first kappa shape index (κ1) is 37.6. The van der Waals surface area contributed by atoms with Crippen LogP contribution in [0.1, 0.15) is 5.56 Å². The third kappa shape index (κ3) is 6.36. The van der Waals surface area contributed by atoms with Crippen LogP contribution in [0.15, 0.2) is 225 Å². The van der Waals surface area contributed by atoms with E-state index < -0.39 is 0 Å². The van der Waals surface area contributed by atoms with Gasteiger partial charge >= 0.3 is 0 Å². The molecule has 0 fully saturated rings. The second-order valence-corrected chi connectivity index (χ2v) is 17.3. The predicted octanol–water partition coefficient (Wildman–Crippen LogP) is 16.7. The molecule has 0 atom stereocenters. The fourth-order valence-corrected chi connectivity index (χ4v) is 10.9. The lowest BCUT2D eigenvalue weighted by molar-refractivity contribution is 1.18. The molecule has 0 spiro atoms. The van der Waals surface area contributed by atoms with E-state index in [9.17, 15) is 0 Å². The van der Waals surface area contributed by atoms with E-state index in [1.807, 2.05) is 17.5 Å². The Labute approximate surface area is 376 Å². The molecule has 12 rings (SSSR count). The van der Waals surface area contributed by atoms with Crippen LogP contribution in [0.2, 0.25) is 0 Å². The van der Waals surface area contributed by atoms with Gasteiger partial charge in [-0.3, -0.25) is 0 Å². The van der Waals surface area contributed by atoms with E-state index in [0.717, 1.165) is 50.9 Å². The van der Waals surface area contributed by atoms with Gasteiger partial charge < -0.3 is 19.7 Å². The minimum Gasteiger partial charge on any atom is -0.361 e. The Morgan fingerprint density at radius 1 is 0.469 bits per heavy atom. The Morgan fingerprint density at radius 2 is 1.12 bits per heavy atom. The molecule has 64 heavy (non-hydrogen) atoms. The number of hydrogen-bond donors (Lipinski definition) is 1. The molecule has 304 valence electrons. The molecule has 2 aromatic heterocycles. The summed E-state index contributed by atoms with van der Waals surface area (Å²) in [5.41, 5.74) is 13.7. The molecule has 1 N–H and O–H groups in total. The van der Waals surface area contributed by atoms with E-state index in [2.05, 4.69) is 251 Å². The van der Waals surface area contributed by atoms with Gasteiger partial charge in [0.2, 0.25) is 0 Å². The lowest BCUT2D eigenvalue weighted by Crippen LogP contribution is -2.10. The number of allylic oxidation sites excluding steroid dienone is 4. The largest absolute Gasteiger partial charge is 0.361 e. The molecular formula is C59H42N4S. The maximum Gasteiger partial charge on any atom is 0.0555 e. The van der Waals surface area contributed by atoms with Crippen molar-refractivity contribution in [3.63, 3.8) is 0 Å². The first-order valence-corrected chi connectivity index (χ1v) is 22.5. The number of benzene rings is 9. The van der Waals surface area contributed by atoms with Crippen molar-refractivity contribution in [2.45, 2.75) is 0 Å². The molecule has 3 heterocycles. The number of hydrogen-bond acceptors (Lipinski definition) is 4. The average molecular weight is 839 g/mol. The summed E-state index contributed by atoms with van der Waals surface area (Å²) in [5, 5.41) is 11.1. The topological polar surface area (TPSA) is 23.4 Å². The molecule has 0 aliphatic carbocycles. The number of rotatable bonds is 6. The predicted molar refractivity (Wildman–Crippen MR) is 277 cm³/mol. The fraction of sp³-hybridized carbons (Fsp3) is 0.0169. The van der Waals surface area contributed by atoms with Crippen molar-refractivity contribution in [2.24, 2.45) is 0 Å². The second-order valence-electron chi connectivity index (χ2n) is 16.3. The maximum absolute atomic E-state index is 3.69. The van der Waals surface area contributed by atoms with Gasteiger partial charge in [0.05, 0.1) is 11.0 Å². The molecule has 1 aliphatic heterocycles. The molecule has 11 aromatic rings. The number of anilines is 6. The van der Waals surface area contributed by atoms with Gasteiger partial charge in [0.1, 0.15) is 0 Å². The summed E-state index contributed by atoms with van der Waals surface area (Å²) in [6.07, 6.45) is 12.7. The standard InChI is InChI=1S/C59H42N4S/c1-61(43-20-8-4-9-21-43)46-30-34-54-52(38-46)57-55(63(54)45-24-12-6-13-25-45)35-32-50-49-31-27-41-18-7-2-3-16-36-60-53-33-29-48(39-51(53)56(41)58(49)64-59(50)57)62(44-22-10-5-11-23-44)47-28-26-40-17-14-15-19-42(40)37-47/h2-39,60H,1H3/b3-2-,18-7-,36-16+. The normalized spacial score (nSPS) is 13.9. The number of thiophene rings is 1. The summed E-state index contributed by atoms with van der Waals surface area (Å²) in [6.45, 7) is 0. The lowest BCUT2D eigenvalue weighted by atomic mass is 9.94. The molecule has 1 aliphatic rings. The van der Waals surface area contributed by atoms with Crippen LogP contribution < -0.4 is 15.1 Å². The number of nitrogens with zero attached hydrogens (tertiary/aromatic N) is 3. The van der Waals surface area contributed by atoms with E-state index in [1.165, 1.54) is 58.3 Å². The van der Waals surface area contributed by atoms with E-state index in [-0.39, 0.29) is 0 Å². The highest BCUT2D eigenvalue weighted by atomic mass is 32.1. The summed E-state index contributed by atoms with van der Waals surface area (Å²) < 4.78 is 4.97. The van der Waals surface area contributed by atoms with Crippen LogP contribution in [0.5, 0.6) is 0 Å². The van der Waals surface area contributed by atoms with Gasteiger partial charge in [-0.2, -0.15) is 0 Å². The van der Waals surface area contributed by atoms with Gasteiger partial charge in [-0.25, -0.2) is 0 Å². The second kappa shape index (κ2) is 15.7. The average Bonchev–Trinajstić information content (AvgIpc) is 3.89. The van der Waals surface area contributed by atoms with Crippen LogP contribution in [-0.4, -0.2) is 11.6 Å². The van der Waals surface area contributed by atoms with Gasteiger partial charge in [0.15, 0.2) is 0 Å². The molecule has 9 aromatic carbocycles. The van der Waals surface area contributed by atoms with Gasteiger partial charge in [0, 0.05) is 95.1 Å². The molecule has 0 unspecified atom stereocenters. The molecule has 5 heteroatoms. The lowest BCUT2D eigenvalue weighted by Gasteiger charge is -2.27. The van der Waals surface area contributed by atoms with Crippen LogP contribution in [0.25, 0.3) is 75.6 Å². The van der Waals surface area contributed by atoms with Crippen LogP contribution in [0.4, 0.5) is 34.1 Å². The van der Waals surface area contributed by atoms with Crippen LogP contribution >= 0.6 is 11.3 Å². The first-order valence-electron chi connectivity index (χ1n) is 21.7. The zero-order valence-corrected chi connectivity index (χ0v) is 36.0. The van der Waals surface area contributed by atoms with Gasteiger partial charge in [0.25, 0.3) is 0 Å². The van der Waals surface area contributed by atoms with Gasteiger partial charge in [-0.1, -0.05) is 127 Å². The smallest absolute Gasteiger partial charge is 0.0555 e. The zero-order valence-electron chi connectivity index (χ0n) is 35.2. The maximum atomic E-state index is 3.69. The van der Waals surface area contributed by atoms with Crippen LogP contribution in [-0.2, 0) is 0 Å².